The number of aromatic amines is 1. The van der Waals surface area contributed by atoms with Crippen molar-refractivity contribution in [1.29, 1.82) is 0 Å². The van der Waals surface area contributed by atoms with Crippen molar-refractivity contribution in [1.82, 2.24) is 4.98 Å². The number of Topliss-reactive ketones (excluding diaryl/α,β-unsaturated/α-hetero) is 1. The highest BCUT2D eigenvalue weighted by atomic mass is 16.6. The highest BCUT2D eigenvalue weighted by Gasteiger charge is 2.29. The fourth-order valence-electron chi connectivity index (χ4n) is 3.24. The van der Waals surface area contributed by atoms with Crippen LogP contribution in [-0.2, 0) is 9.47 Å². The second kappa shape index (κ2) is 7.34. The number of aromatic nitrogens is 1. The Balaban J connectivity index is 1.83. The first-order valence-corrected chi connectivity index (χ1v) is 8.77. The molecule has 3 rings (SSSR count). The standard InChI is InChI=1S/C21H21NO6/c1-10-14-8-6-7-9-15(14)28-19(10)21(25)27-13(4)18(23)17-11(2)16(12(3)22-17)20(24)26-5/h6-9,13,22H,1-5H3/t13-/m0/s1. The van der Waals surface area contributed by atoms with Crippen LogP contribution in [0, 0.1) is 20.8 Å². The summed E-state index contributed by atoms with van der Waals surface area (Å²) >= 11 is 0. The molecule has 0 fully saturated rings. The van der Waals surface area contributed by atoms with E-state index in [1.807, 2.05) is 18.2 Å². The van der Waals surface area contributed by atoms with Gasteiger partial charge in [0, 0.05) is 16.6 Å². The molecule has 0 saturated carbocycles. The van der Waals surface area contributed by atoms with Crippen LogP contribution in [0.5, 0.6) is 0 Å². The minimum atomic E-state index is -1.07. The van der Waals surface area contributed by atoms with Gasteiger partial charge in [-0.1, -0.05) is 18.2 Å². The molecular weight excluding hydrogens is 362 g/mol. The first-order chi connectivity index (χ1) is 13.3. The topological polar surface area (TPSA) is 98.6 Å². The van der Waals surface area contributed by atoms with Crippen LogP contribution in [0.2, 0.25) is 0 Å². The van der Waals surface area contributed by atoms with Gasteiger partial charge in [0.15, 0.2) is 6.10 Å². The Morgan fingerprint density at radius 3 is 2.36 bits per heavy atom. The number of aryl methyl sites for hydroxylation is 2. The lowest BCUT2D eigenvalue weighted by Crippen LogP contribution is -2.25. The zero-order valence-electron chi connectivity index (χ0n) is 16.3. The second-order valence-electron chi connectivity index (χ2n) is 6.58. The Labute approximate surface area is 161 Å². The van der Waals surface area contributed by atoms with Gasteiger partial charge in [-0.05, 0) is 39.3 Å². The molecule has 1 atom stereocenters. The van der Waals surface area contributed by atoms with Gasteiger partial charge < -0.3 is 18.9 Å². The van der Waals surface area contributed by atoms with E-state index in [1.54, 1.807) is 26.8 Å². The Morgan fingerprint density at radius 1 is 1.04 bits per heavy atom. The van der Waals surface area contributed by atoms with Gasteiger partial charge in [-0.2, -0.15) is 0 Å². The quantitative estimate of drug-likeness (QED) is 0.530. The smallest absolute Gasteiger partial charge is 0.375 e. The van der Waals surface area contributed by atoms with E-state index in [0.29, 0.717) is 28.0 Å². The molecule has 0 aliphatic carbocycles. The first-order valence-electron chi connectivity index (χ1n) is 8.77. The van der Waals surface area contributed by atoms with Crippen LogP contribution in [0.4, 0.5) is 0 Å². The molecule has 0 radical (unpaired) electrons. The van der Waals surface area contributed by atoms with E-state index < -0.39 is 23.8 Å². The lowest BCUT2D eigenvalue weighted by Gasteiger charge is -2.11. The van der Waals surface area contributed by atoms with E-state index in [9.17, 15) is 14.4 Å². The fraction of sp³-hybridized carbons (Fsp3) is 0.286. The van der Waals surface area contributed by atoms with Gasteiger partial charge in [0.25, 0.3) is 0 Å². The van der Waals surface area contributed by atoms with E-state index in [2.05, 4.69) is 4.98 Å². The molecule has 0 amide bonds. The van der Waals surface area contributed by atoms with Gasteiger partial charge in [0.2, 0.25) is 11.5 Å². The van der Waals surface area contributed by atoms with Crippen molar-refractivity contribution in [2.24, 2.45) is 0 Å². The number of esters is 2. The monoisotopic (exact) mass is 383 g/mol. The van der Waals surface area contributed by atoms with Gasteiger partial charge in [-0.3, -0.25) is 4.79 Å². The minimum Gasteiger partial charge on any atom is -0.465 e. The number of methoxy groups -OCH3 is 1. The molecule has 7 heteroatoms. The van der Waals surface area contributed by atoms with Crippen molar-refractivity contribution < 1.29 is 28.3 Å². The number of carbonyl (C=O) groups excluding carboxylic acids is 3. The third kappa shape index (κ3) is 3.19. The fourth-order valence-corrected chi connectivity index (χ4v) is 3.24. The number of fused-ring (bicyclic) bond motifs is 1. The maximum Gasteiger partial charge on any atom is 0.375 e. The van der Waals surface area contributed by atoms with Gasteiger partial charge in [-0.25, -0.2) is 9.59 Å². The predicted octanol–water partition coefficient (Wildman–Crippen LogP) is 3.90. The third-order valence-corrected chi connectivity index (χ3v) is 4.76. The molecule has 0 bridgehead atoms. The molecule has 1 aromatic carbocycles. The summed E-state index contributed by atoms with van der Waals surface area (Å²) in [7, 11) is 1.27. The lowest BCUT2D eigenvalue weighted by molar-refractivity contribution is 0.0288. The maximum atomic E-state index is 12.8. The van der Waals surface area contributed by atoms with E-state index >= 15 is 0 Å². The van der Waals surface area contributed by atoms with Gasteiger partial charge in [-0.15, -0.1) is 0 Å². The number of H-pyrrole nitrogens is 1. The van der Waals surface area contributed by atoms with Gasteiger partial charge >= 0.3 is 11.9 Å². The zero-order chi connectivity index (χ0) is 20.6. The zero-order valence-corrected chi connectivity index (χ0v) is 16.3. The first kappa shape index (κ1) is 19.4. The average molecular weight is 383 g/mol. The number of para-hydroxylation sites is 1. The number of ether oxygens (including phenoxy) is 2. The van der Waals surface area contributed by atoms with Crippen LogP contribution in [0.1, 0.15) is 55.1 Å². The maximum absolute atomic E-state index is 12.8. The van der Waals surface area contributed by atoms with Crippen molar-refractivity contribution >= 4 is 28.7 Å². The van der Waals surface area contributed by atoms with Crippen molar-refractivity contribution in [2.45, 2.75) is 33.8 Å². The van der Waals surface area contributed by atoms with E-state index in [-0.39, 0.29) is 11.5 Å². The van der Waals surface area contributed by atoms with Gasteiger partial charge in [0.1, 0.15) is 5.58 Å². The summed E-state index contributed by atoms with van der Waals surface area (Å²) in [5.41, 5.74) is 2.71. The number of hydrogen-bond donors (Lipinski definition) is 1. The summed E-state index contributed by atoms with van der Waals surface area (Å²) in [5, 5.41) is 0.812. The van der Waals surface area contributed by atoms with Crippen LogP contribution in [0.25, 0.3) is 11.0 Å². The van der Waals surface area contributed by atoms with Crippen molar-refractivity contribution in [2.75, 3.05) is 7.11 Å². The van der Waals surface area contributed by atoms with E-state index in [1.165, 1.54) is 14.0 Å². The van der Waals surface area contributed by atoms with E-state index in [4.69, 9.17) is 13.9 Å². The Morgan fingerprint density at radius 2 is 1.71 bits per heavy atom. The molecule has 7 nitrogen and oxygen atoms in total. The van der Waals surface area contributed by atoms with Crippen molar-refractivity contribution in [3.8, 4) is 0 Å². The number of benzene rings is 1. The largest absolute Gasteiger partial charge is 0.465 e. The number of carbonyl (C=O) groups is 3. The molecule has 1 N–H and O–H groups in total. The number of nitrogens with one attached hydrogen (secondary N) is 1. The Hall–Kier alpha value is -3.35. The molecule has 0 aliphatic rings. The summed E-state index contributed by atoms with van der Waals surface area (Å²) in [6.45, 7) is 6.55. The average Bonchev–Trinajstić information content (AvgIpc) is 3.17. The summed E-state index contributed by atoms with van der Waals surface area (Å²) in [5.74, 6) is -1.63. The Kier molecular flexibility index (Phi) is 5.09. The molecule has 2 heterocycles. The van der Waals surface area contributed by atoms with Crippen LogP contribution < -0.4 is 0 Å². The normalized spacial score (nSPS) is 12.0. The lowest BCUT2D eigenvalue weighted by atomic mass is 10.1. The van der Waals surface area contributed by atoms with E-state index in [0.717, 1.165) is 5.39 Å². The summed E-state index contributed by atoms with van der Waals surface area (Å²) in [6.07, 6.45) is -1.07. The molecule has 0 unspecified atom stereocenters. The molecule has 0 saturated heterocycles. The predicted molar refractivity (Wildman–Crippen MR) is 102 cm³/mol. The number of hydrogen-bond acceptors (Lipinski definition) is 6. The third-order valence-electron chi connectivity index (χ3n) is 4.76. The minimum absolute atomic E-state index is 0.0653. The molecule has 28 heavy (non-hydrogen) atoms. The second-order valence-corrected chi connectivity index (χ2v) is 6.58. The van der Waals surface area contributed by atoms with Gasteiger partial charge in [0.05, 0.1) is 18.4 Å². The highest BCUT2D eigenvalue weighted by Crippen LogP contribution is 2.26. The summed E-state index contributed by atoms with van der Waals surface area (Å²) < 4.78 is 15.7. The number of ketones is 1. The van der Waals surface area contributed by atoms with Crippen molar-refractivity contribution in [3.05, 3.63) is 58.1 Å². The van der Waals surface area contributed by atoms with Crippen LogP contribution in [0.15, 0.2) is 28.7 Å². The molecule has 3 aromatic rings. The molecule has 0 spiro atoms. The molecule has 146 valence electrons. The molecular formula is C21H21NO6. The van der Waals surface area contributed by atoms with Crippen molar-refractivity contribution in [3.63, 3.8) is 0 Å². The number of rotatable bonds is 5. The molecule has 2 aromatic heterocycles. The summed E-state index contributed by atoms with van der Waals surface area (Å²) in [6, 6.07) is 7.26. The van der Waals surface area contributed by atoms with Crippen LogP contribution >= 0.6 is 0 Å². The Bertz CT molecular complexity index is 1090. The SMILES string of the molecule is COC(=O)c1c(C)[nH]c(C(=O)[C@H](C)OC(=O)c2oc3ccccc3c2C)c1C. The highest BCUT2D eigenvalue weighted by molar-refractivity contribution is 6.05. The molecule has 0 aliphatic heterocycles. The van der Waals surface area contributed by atoms with Crippen LogP contribution in [-0.4, -0.2) is 35.9 Å². The summed E-state index contributed by atoms with van der Waals surface area (Å²) in [4.78, 5) is 40.1. The number of furan rings is 1. The van der Waals surface area contributed by atoms with Crippen LogP contribution in [0.3, 0.4) is 0 Å².